The van der Waals surface area contributed by atoms with E-state index in [0.717, 1.165) is 40.1 Å². The predicted molar refractivity (Wildman–Crippen MR) is 223 cm³/mol. The van der Waals surface area contributed by atoms with E-state index in [1.54, 1.807) is 12.4 Å². The van der Waals surface area contributed by atoms with Gasteiger partial charge in [0.05, 0.1) is 42.7 Å². The Morgan fingerprint density at radius 3 is 1.47 bits per heavy atom. The van der Waals surface area contributed by atoms with Gasteiger partial charge in [0.2, 0.25) is 0 Å². The third-order valence-corrected chi connectivity index (χ3v) is 12.0. The predicted octanol–water partition coefficient (Wildman–Crippen LogP) is 12.1. The summed E-state index contributed by atoms with van der Waals surface area (Å²) in [5, 5.41) is 4.90. The fraction of sp³-hybridized carbons (Fsp3) is 0.277. The van der Waals surface area contributed by atoms with E-state index < -0.39 is 10.8 Å². The smallest absolute Gasteiger partial charge is 0.137 e. The van der Waals surface area contributed by atoms with E-state index in [1.165, 1.54) is 56.6 Å². The lowest BCUT2D eigenvalue weighted by atomic mass is 9.85. The maximum atomic E-state index is 13.9. The molecule has 4 heterocycles. The Morgan fingerprint density at radius 2 is 1.02 bits per heavy atom. The van der Waals surface area contributed by atoms with Crippen LogP contribution in [-0.4, -0.2) is 23.3 Å². The number of benzene rings is 4. The van der Waals surface area contributed by atoms with Crippen LogP contribution in [0, 0.1) is 6.92 Å². The highest BCUT2D eigenvalue weighted by molar-refractivity contribution is 7.85. The molecule has 4 aromatic carbocycles. The van der Waals surface area contributed by atoms with Gasteiger partial charge in [-0.1, -0.05) is 84.7 Å². The van der Waals surface area contributed by atoms with Gasteiger partial charge >= 0.3 is 0 Å². The third-order valence-electron chi connectivity index (χ3n) is 10.6. The quantitative estimate of drug-likeness (QED) is 0.165. The maximum absolute atomic E-state index is 13.9. The molecule has 0 aliphatic rings. The lowest BCUT2D eigenvalue weighted by Crippen LogP contribution is -2.10. The minimum Gasteiger partial charge on any atom is -0.294 e. The van der Waals surface area contributed by atoms with Gasteiger partial charge in [-0.05, 0) is 120 Å². The summed E-state index contributed by atoms with van der Waals surface area (Å²) in [5.74, 6) is 1.60. The second-order valence-electron chi connectivity index (χ2n) is 16.6. The highest BCUT2D eigenvalue weighted by atomic mass is 32.2. The van der Waals surface area contributed by atoms with E-state index in [9.17, 15) is 4.21 Å². The van der Waals surface area contributed by atoms with Crippen LogP contribution in [0.2, 0.25) is 0 Å². The number of hydrogen-bond donors (Lipinski definition) is 0. The number of unbranched alkanes of at least 4 members (excludes halogenated alkanes) is 1. The standard InChI is InChI=1S/C47H48N4OS/c1-9-10-11-31-13-19-41-37(25-31)36-24-30(2)12-18-40(36)50(41)44-22-16-34(28-48-44)53(52)35-17-23-45(49-29-35)51-42-20-14-32(46(3,4)5)26-38(42)39-27-33(47(6,7)8)15-21-43(39)51/h12-29H,9-11H2,1-8H3. The van der Waals surface area contributed by atoms with Crippen LogP contribution < -0.4 is 0 Å². The Kier molecular flexibility index (Phi) is 8.65. The van der Waals surface area contributed by atoms with Crippen LogP contribution in [0.1, 0.15) is 83.6 Å². The summed E-state index contributed by atoms with van der Waals surface area (Å²) < 4.78 is 18.4. The molecular weight excluding hydrogens is 669 g/mol. The molecule has 0 spiro atoms. The zero-order valence-corrected chi connectivity index (χ0v) is 32.9. The van der Waals surface area contributed by atoms with Gasteiger partial charge in [0.1, 0.15) is 11.6 Å². The third kappa shape index (κ3) is 6.27. The summed E-state index contributed by atoms with van der Waals surface area (Å²) in [6.07, 6.45) is 6.92. The van der Waals surface area contributed by atoms with Crippen molar-refractivity contribution in [1.82, 2.24) is 19.1 Å². The highest BCUT2D eigenvalue weighted by Crippen LogP contribution is 2.38. The van der Waals surface area contributed by atoms with Crippen LogP contribution in [0.4, 0.5) is 0 Å². The zero-order chi connectivity index (χ0) is 37.2. The lowest BCUT2D eigenvalue weighted by molar-refractivity contribution is 0.590. The Labute approximate surface area is 315 Å². The molecule has 0 aliphatic heterocycles. The first-order valence-corrected chi connectivity index (χ1v) is 19.9. The normalized spacial score (nSPS) is 13.1. The fourth-order valence-corrected chi connectivity index (χ4v) is 8.49. The SMILES string of the molecule is CCCCc1ccc2c(c1)c1cc(C)ccc1n2-c1ccc(S(=O)c2ccc(-n3c4ccc(C(C)(C)C)cc4c4cc(C(C)(C)C)ccc43)nc2)cn1. The second kappa shape index (κ2) is 13.1. The fourth-order valence-electron chi connectivity index (χ4n) is 7.54. The molecule has 0 amide bonds. The number of fused-ring (bicyclic) bond motifs is 6. The minimum absolute atomic E-state index is 0.0296. The van der Waals surface area contributed by atoms with Crippen LogP contribution in [0.5, 0.6) is 0 Å². The topological polar surface area (TPSA) is 52.7 Å². The molecule has 0 fully saturated rings. The van der Waals surface area contributed by atoms with Crippen LogP contribution >= 0.6 is 0 Å². The summed E-state index contributed by atoms with van der Waals surface area (Å²) in [5.41, 5.74) is 9.72. The molecule has 0 saturated carbocycles. The van der Waals surface area contributed by atoms with Gasteiger partial charge in [-0.3, -0.25) is 9.13 Å². The van der Waals surface area contributed by atoms with Crippen molar-refractivity contribution in [2.24, 2.45) is 0 Å². The minimum atomic E-state index is -1.44. The largest absolute Gasteiger partial charge is 0.294 e. The first kappa shape index (κ1) is 35.0. The average Bonchev–Trinajstić information content (AvgIpc) is 3.64. The van der Waals surface area contributed by atoms with Crippen molar-refractivity contribution in [1.29, 1.82) is 0 Å². The van der Waals surface area contributed by atoms with Crippen molar-refractivity contribution in [2.45, 2.75) is 95.3 Å². The molecule has 0 aliphatic carbocycles. The number of nitrogens with zero attached hydrogens (tertiary/aromatic N) is 4. The van der Waals surface area contributed by atoms with Gasteiger partial charge in [0.15, 0.2) is 0 Å². The van der Waals surface area contributed by atoms with E-state index >= 15 is 0 Å². The molecular formula is C47H48N4OS. The molecule has 268 valence electrons. The first-order chi connectivity index (χ1) is 25.3. The Morgan fingerprint density at radius 1 is 0.566 bits per heavy atom. The molecule has 6 heteroatoms. The van der Waals surface area contributed by atoms with Crippen molar-refractivity contribution in [3.8, 4) is 11.6 Å². The molecule has 0 radical (unpaired) electrons. The number of aromatic nitrogens is 4. The number of aryl methyl sites for hydroxylation is 2. The Bertz CT molecular complexity index is 2610. The van der Waals surface area contributed by atoms with Crippen LogP contribution in [0.3, 0.4) is 0 Å². The summed E-state index contributed by atoms with van der Waals surface area (Å²) in [6.45, 7) is 17.9. The van der Waals surface area contributed by atoms with Gasteiger partial charge in [0.25, 0.3) is 0 Å². The van der Waals surface area contributed by atoms with E-state index in [1.807, 2.05) is 24.3 Å². The average molecular weight is 717 g/mol. The van der Waals surface area contributed by atoms with Gasteiger partial charge < -0.3 is 0 Å². The van der Waals surface area contributed by atoms with E-state index in [0.29, 0.717) is 9.79 Å². The van der Waals surface area contributed by atoms with Crippen molar-refractivity contribution >= 4 is 54.4 Å². The van der Waals surface area contributed by atoms with E-state index in [-0.39, 0.29) is 10.8 Å². The number of pyridine rings is 2. The van der Waals surface area contributed by atoms with E-state index in [4.69, 9.17) is 9.97 Å². The Balaban J connectivity index is 1.14. The molecule has 1 unspecified atom stereocenters. The first-order valence-electron chi connectivity index (χ1n) is 18.8. The Hall–Kier alpha value is -5.07. The maximum Gasteiger partial charge on any atom is 0.137 e. The van der Waals surface area contributed by atoms with Gasteiger partial charge in [-0.15, -0.1) is 0 Å². The monoisotopic (exact) mass is 716 g/mol. The highest BCUT2D eigenvalue weighted by Gasteiger charge is 2.22. The van der Waals surface area contributed by atoms with Crippen molar-refractivity contribution in [3.63, 3.8) is 0 Å². The lowest BCUT2D eigenvalue weighted by Gasteiger charge is -2.19. The van der Waals surface area contributed by atoms with Crippen LogP contribution in [0.15, 0.2) is 119 Å². The summed E-state index contributed by atoms with van der Waals surface area (Å²) in [7, 11) is -1.44. The van der Waals surface area contributed by atoms with Gasteiger partial charge in [0, 0.05) is 33.9 Å². The molecule has 8 aromatic rings. The molecule has 5 nitrogen and oxygen atoms in total. The molecule has 8 rings (SSSR count). The molecule has 0 saturated heterocycles. The van der Waals surface area contributed by atoms with Gasteiger partial charge in [-0.25, -0.2) is 14.2 Å². The van der Waals surface area contributed by atoms with Gasteiger partial charge in [-0.2, -0.15) is 0 Å². The second-order valence-corrected chi connectivity index (χ2v) is 18.1. The molecule has 0 N–H and O–H groups in total. The number of rotatable bonds is 7. The van der Waals surface area contributed by atoms with Crippen molar-refractivity contribution in [2.75, 3.05) is 0 Å². The number of hydrogen-bond acceptors (Lipinski definition) is 3. The molecule has 0 bridgehead atoms. The molecule has 1 atom stereocenters. The van der Waals surface area contributed by atoms with Crippen LogP contribution in [-0.2, 0) is 28.1 Å². The zero-order valence-electron chi connectivity index (χ0n) is 32.1. The molecule has 53 heavy (non-hydrogen) atoms. The summed E-state index contributed by atoms with van der Waals surface area (Å²) in [4.78, 5) is 11.1. The van der Waals surface area contributed by atoms with Crippen molar-refractivity contribution in [3.05, 3.63) is 132 Å². The van der Waals surface area contributed by atoms with E-state index in [2.05, 4.69) is 137 Å². The summed E-state index contributed by atoms with van der Waals surface area (Å²) in [6, 6.07) is 34.8. The van der Waals surface area contributed by atoms with Crippen molar-refractivity contribution < 1.29 is 4.21 Å². The van der Waals surface area contributed by atoms with Crippen LogP contribution in [0.25, 0.3) is 55.2 Å². The summed E-state index contributed by atoms with van der Waals surface area (Å²) >= 11 is 0. The molecule has 4 aromatic heterocycles.